The van der Waals surface area contributed by atoms with Crippen LogP contribution < -0.4 is 32.3 Å². The molecule has 6 atom stereocenters. The summed E-state index contributed by atoms with van der Waals surface area (Å²) in [5, 5.41) is 25.0. The monoisotopic (exact) mass is 1200 g/mol. The number of rotatable bonds is 24. The van der Waals surface area contributed by atoms with Crippen molar-refractivity contribution in [2.75, 3.05) is 19.6 Å². The number of hydrogen-bond donors (Lipinski definition) is 7. The number of thiazole rings is 1. The topological polar surface area (TPSA) is 292 Å². The maximum atomic E-state index is 14.7. The number of nitrogens with two attached hydrogens (primary N) is 1. The molecule has 0 radical (unpaired) electrons. The second-order valence-corrected chi connectivity index (χ2v) is 25.3. The second-order valence-electron chi connectivity index (χ2n) is 24.5. The zero-order valence-electron chi connectivity index (χ0n) is 50.4. The van der Waals surface area contributed by atoms with Crippen LogP contribution >= 0.6 is 11.3 Å². The molecule has 7 rings (SSSR count). The predicted octanol–water partition coefficient (Wildman–Crippen LogP) is 6.22. The van der Waals surface area contributed by atoms with Crippen LogP contribution in [0.4, 0.5) is 4.79 Å². The molecule has 0 spiro atoms. The number of aliphatic hydroxyl groups is 1. The third-order valence-corrected chi connectivity index (χ3v) is 16.5. The molecule has 462 valence electrons. The van der Waals surface area contributed by atoms with E-state index in [2.05, 4.69) is 31.6 Å². The predicted molar refractivity (Wildman–Crippen MR) is 325 cm³/mol. The average Bonchev–Trinajstić information content (AvgIpc) is 2.31. The van der Waals surface area contributed by atoms with Crippen LogP contribution in [0.2, 0.25) is 0 Å². The summed E-state index contributed by atoms with van der Waals surface area (Å²) in [6, 6.07) is 20.2. The van der Waals surface area contributed by atoms with Crippen molar-refractivity contribution in [2.45, 2.75) is 180 Å². The number of fused-ring (bicyclic) bond motifs is 1. The molecule has 1 aromatic heterocycles. The lowest BCUT2D eigenvalue weighted by Gasteiger charge is -2.37. The van der Waals surface area contributed by atoms with Gasteiger partial charge in [-0.3, -0.25) is 38.4 Å². The van der Waals surface area contributed by atoms with Crippen molar-refractivity contribution < 1.29 is 53.0 Å². The Hall–Kier alpha value is -7.98. The van der Waals surface area contributed by atoms with Gasteiger partial charge in [0.05, 0.1) is 34.8 Å². The van der Waals surface area contributed by atoms with E-state index in [-0.39, 0.29) is 82.9 Å². The number of benzene rings is 3. The highest BCUT2D eigenvalue weighted by Crippen LogP contribution is 2.31. The Bertz CT molecular complexity index is 3030. The molecule has 2 fully saturated rings. The first kappa shape index (κ1) is 65.6. The summed E-state index contributed by atoms with van der Waals surface area (Å²) in [6.45, 7) is 12.6. The van der Waals surface area contributed by atoms with Gasteiger partial charge in [0.2, 0.25) is 41.4 Å². The number of nitrogens with zero attached hydrogens (tertiary/aromatic N) is 4. The molecule has 4 heterocycles. The van der Waals surface area contributed by atoms with Crippen molar-refractivity contribution >= 4 is 64.7 Å². The standard InChI is InChI=1S/C64H84N10O11S/c1-40-55(86-39-67-40)44-27-25-41(26-28-44)36-66-58(80)50-35-46(75)37-73(50)61(83)56(63(2,3)4)70-52(77)23-17-9-8-10-18-24-53(78)72-34-33-45-29-31-49(74(45)60(82)48(38-72)69-62(84)85-64(5,6)7)59(81)68-47(30-32-51(65)76)57(79)71-54(42-19-13-11-14-20-42)43-21-15-12-16-22-43/h11-16,19-22,25-29,39,46-50,54,56,75H,8-10,17-18,23-24,30-38H2,1-7H3,(H2,65,76)(H,66,80)(H,68,81)(H,69,84)(H,70,77)(H,71,79)/t46-,47+,48+,49+,50+,56-/m1/s1. The average molecular weight is 1200 g/mol. The highest BCUT2D eigenvalue weighted by Gasteiger charge is 2.46. The smallest absolute Gasteiger partial charge is 0.408 e. The number of ether oxygens (including phenoxy) is 1. The Morgan fingerprint density at radius 2 is 1.42 bits per heavy atom. The summed E-state index contributed by atoms with van der Waals surface area (Å²) in [5.74, 6) is -3.94. The molecule has 8 N–H and O–H groups in total. The normalized spacial score (nSPS) is 18.6. The van der Waals surface area contributed by atoms with E-state index in [9.17, 15) is 48.3 Å². The fraction of sp³-hybridized carbons (Fsp3) is 0.500. The summed E-state index contributed by atoms with van der Waals surface area (Å²) in [4.78, 5) is 133. The lowest BCUT2D eigenvalue weighted by Crippen LogP contribution is -2.60. The van der Waals surface area contributed by atoms with E-state index in [1.54, 1.807) is 43.7 Å². The van der Waals surface area contributed by atoms with Gasteiger partial charge in [0, 0.05) is 57.4 Å². The van der Waals surface area contributed by atoms with E-state index in [0.717, 1.165) is 32.8 Å². The van der Waals surface area contributed by atoms with Crippen LogP contribution in [0.3, 0.4) is 0 Å². The number of likely N-dealkylation sites (tertiary alicyclic amines) is 1. The molecular weight excluding hydrogens is 1120 g/mol. The third-order valence-electron chi connectivity index (χ3n) is 15.5. The number of amides is 9. The van der Waals surface area contributed by atoms with Crippen LogP contribution in [0.25, 0.3) is 10.4 Å². The van der Waals surface area contributed by atoms with Gasteiger partial charge in [-0.05, 0) is 81.0 Å². The quantitative estimate of drug-likeness (QED) is 0.0385. The third kappa shape index (κ3) is 18.3. The molecule has 3 aliphatic rings. The number of unbranched alkanes of at least 4 members (excludes halogenated alkanes) is 4. The number of carbonyl (C=O) groups is 9. The molecule has 3 aromatic carbocycles. The van der Waals surface area contributed by atoms with Crippen molar-refractivity contribution in [3.8, 4) is 10.4 Å². The van der Waals surface area contributed by atoms with Gasteiger partial charge in [-0.15, -0.1) is 11.3 Å². The summed E-state index contributed by atoms with van der Waals surface area (Å²) in [7, 11) is 0. The van der Waals surface area contributed by atoms with Crippen molar-refractivity contribution in [1.29, 1.82) is 0 Å². The van der Waals surface area contributed by atoms with Crippen molar-refractivity contribution in [3.05, 3.63) is 125 Å². The fourth-order valence-corrected chi connectivity index (χ4v) is 11.8. The van der Waals surface area contributed by atoms with Crippen molar-refractivity contribution in [3.63, 3.8) is 0 Å². The van der Waals surface area contributed by atoms with E-state index < -0.39 is 94.9 Å². The minimum absolute atomic E-state index is 0.0403. The van der Waals surface area contributed by atoms with Crippen LogP contribution in [0.1, 0.15) is 147 Å². The second kappa shape index (κ2) is 29.9. The van der Waals surface area contributed by atoms with Gasteiger partial charge in [-0.2, -0.15) is 0 Å². The number of nitrogens with one attached hydrogen (secondary N) is 5. The first-order valence-corrected chi connectivity index (χ1v) is 30.6. The van der Waals surface area contributed by atoms with Crippen LogP contribution in [0, 0.1) is 12.3 Å². The van der Waals surface area contributed by atoms with Gasteiger partial charge in [-0.25, -0.2) is 9.78 Å². The minimum Gasteiger partial charge on any atom is -0.444 e. The SMILES string of the molecule is Cc1ncsc1-c1ccc(CNC(=O)[C@@H]2C[C@@H](O)CN2C(=O)[C@@H](NC(=O)CCCCCCCC(=O)N2CCC3=CC[C@@H](C(=O)N[C@@H](CCC(N)=O)C(=O)NC(c4ccccc4)c4ccccc4)N3C(=O)[C@@H](NC(=O)OC(C)(C)C)C2)C(C)(C)C)cc1. The molecule has 0 bridgehead atoms. The molecule has 21 nitrogen and oxygen atoms in total. The molecule has 2 saturated heterocycles. The number of aliphatic hydroxyl groups excluding tert-OH is 1. The Kier molecular flexibility index (Phi) is 22.8. The molecule has 86 heavy (non-hydrogen) atoms. The zero-order chi connectivity index (χ0) is 62.3. The van der Waals surface area contributed by atoms with Crippen molar-refractivity contribution in [1.82, 2.24) is 46.3 Å². The Labute approximate surface area is 507 Å². The Balaban J connectivity index is 0.899. The summed E-state index contributed by atoms with van der Waals surface area (Å²) < 4.78 is 5.54. The van der Waals surface area contributed by atoms with Gasteiger partial charge >= 0.3 is 6.09 Å². The largest absolute Gasteiger partial charge is 0.444 e. The molecule has 4 aromatic rings. The first-order chi connectivity index (χ1) is 40.9. The van der Waals surface area contributed by atoms with E-state index in [1.165, 1.54) is 14.7 Å². The summed E-state index contributed by atoms with van der Waals surface area (Å²) in [5.41, 5.74) is 10.6. The Morgan fingerprint density at radius 1 is 0.779 bits per heavy atom. The number of alkyl carbamates (subject to hydrolysis) is 1. The van der Waals surface area contributed by atoms with E-state index >= 15 is 0 Å². The van der Waals surface area contributed by atoms with Gasteiger partial charge in [0.1, 0.15) is 35.8 Å². The lowest BCUT2D eigenvalue weighted by atomic mass is 9.85. The highest BCUT2D eigenvalue weighted by atomic mass is 32.1. The van der Waals surface area contributed by atoms with Gasteiger partial charge in [0.25, 0.3) is 5.91 Å². The van der Waals surface area contributed by atoms with Gasteiger partial charge in [-0.1, -0.05) is 131 Å². The van der Waals surface area contributed by atoms with E-state index in [1.807, 2.05) is 113 Å². The molecule has 0 saturated carbocycles. The van der Waals surface area contributed by atoms with Crippen LogP contribution in [-0.4, -0.2) is 140 Å². The Morgan fingerprint density at radius 3 is 2.02 bits per heavy atom. The van der Waals surface area contributed by atoms with Crippen LogP contribution in [-0.2, 0) is 49.6 Å². The van der Waals surface area contributed by atoms with Gasteiger partial charge < -0.3 is 56.9 Å². The van der Waals surface area contributed by atoms with Crippen LogP contribution in [0.15, 0.2) is 102 Å². The molecule has 0 aliphatic carbocycles. The molecule has 0 unspecified atom stereocenters. The summed E-state index contributed by atoms with van der Waals surface area (Å²) >= 11 is 1.56. The number of β-amino-alcohol motifs (C(OH)–C–C–N with tert-alkyl or cyclic N) is 1. The highest BCUT2D eigenvalue weighted by molar-refractivity contribution is 7.13. The first-order valence-electron chi connectivity index (χ1n) is 29.7. The lowest BCUT2D eigenvalue weighted by molar-refractivity contribution is -0.144. The molecule has 22 heteroatoms. The maximum Gasteiger partial charge on any atom is 0.408 e. The molecule has 9 amide bonds. The maximum absolute atomic E-state index is 14.7. The van der Waals surface area contributed by atoms with E-state index in [0.29, 0.717) is 37.8 Å². The molecular formula is C64H84N10O11S. The van der Waals surface area contributed by atoms with Gasteiger partial charge in [0.15, 0.2) is 0 Å². The number of aromatic nitrogens is 1. The summed E-state index contributed by atoms with van der Waals surface area (Å²) in [6.07, 6.45) is 3.33. The van der Waals surface area contributed by atoms with Crippen molar-refractivity contribution in [2.24, 2.45) is 11.1 Å². The number of primary amides is 1. The number of hydrogen-bond acceptors (Lipinski definition) is 13. The van der Waals surface area contributed by atoms with E-state index in [4.69, 9.17) is 10.5 Å². The number of carbonyl (C=O) groups excluding carboxylic acids is 9. The molecule has 3 aliphatic heterocycles. The zero-order valence-corrected chi connectivity index (χ0v) is 51.2. The van der Waals surface area contributed by atoms with Crippen LogP contribution in [0.5, 0.6) is 0 Å². The minimum atomic E-state index is -1.32. The fourth-order valence-electron chi connectivity index (χ4n) is 11.0. The number of aryl methyl sites for hydroxylation is 1.